The van der Waals surface area contributed by atoms with Crippen molar-refractivity contribution in [2.75, 3.05) is 0 Å². The molecule has 0 bridgehead atoms. The highest BCUT2D eigenvalue weighted by molar-refractivity contribution is 5.03. The summed E-state index contributed by atoms with van der Waals surface area (Å²) in [6.45, 7) is 2.38. The number of halogens is 4. The van der Waals surface area contributed by atoms with E-state index < -0.39 is 17.9 Å². The summed E-state index contributed by atoms with van der Waals surface area (Å²) in [6.07, 6.45) is 12.0. The number of hydrogen-bond donors (Lipinski definition) is 0. The smallest absolute Gasteiger partial charge is 0.212 e. The van der Waals surface area contributed by atoms with E-state index in [0.29, 0.717) is 18.8 Å². The normalized spacial score (nSPS) is 38.4. The Labute approximate surface area is 168 Å². The van der Waals surface area contributed by atoms with Crippen LogP contribution in [-0.4, -0.2) is 6.18 Å². The van der Waals surface area contributed by atoms with Gasteiger partial charge in [-0.25, -0.2) is 4.39 Å². The minimum Gasteiger partial charge on any atom is -0.212 e. The van der Waals surface area contributed by atoms with E-state index in [1.165, 1.54) is 64.2 Å². The molecular formula is C24H38F4. The van der Waals surface area contributed by atoms with E-state index in [0.717, 1.165) is 36.5 Å². The minimum atomic E-state index is -4.53. The molecule has 3 rings (SSSR count). The largest absolute Gasteiger partial charge is 0.412 e. The lowest BCUT2D eigenvalue weighted by Gasteiger charge is -2.36. The van der Waals surface area contributed by atoms with Crippen LogP contribution in [0.2, 0.25) is 0 Å². The molecule has 0 spiro atoms. The van der Waals surface area contributed by atoms with Crippen LogP contribution in [0.5, 0.6) is 0 Å². The van der Waals surface area contributed by atoms with Gasteiger partial charge in [0.05, 0.1) is 6.08 Å². The van der Waals surface area contributed by atoms with E-state index in [9.17, 15) is 17.6 Å². The van der Waals surface area contributed by atoms with Gasteiger partial charge in [-0.3, -0.25) is 0 Å². The van der Waals surface area contributed by atoms with Crippen LogP contribution < -0.4 is 0 Å². The number of rotatable bonds is 5. The first-order valence-electron chi connectivity index (χ1n) is 11.7. The lowest BCUT2D eigenvalue weighted by molar-refractivity contribution is -0.0821. The molecule has 3 aliphatic carbocycles. The Morgan fingerprint density at radius 3 is 1.43 bits per heavy atom. The summed E-state index contributed by atoms with van der Waals surface area (Å²) in [6, 6.07) is 0. The quantitative estimate of drug-likeness (QED) is 0.404. The highest BCUT2D eigenvalue weighted by atomic mass is 19.4. The van der Waals surface area contributed by atoms with Gasteiger partial charge in [0, 0.05) is 5.92 Å². The van der Waals surface area contributed by atoms with Gasteiger partial charge in [-0.1, -0.05) is 58.3 Å². The maximum Gasteiger partial charge on any atom is 0.412 e. The first kappa shape index (κ1) is 22.2. The minimum absolute atomic E-state index is 0.133. The first-order valence-corrected chi connectivity index (χ1v) is 11.7. The highest BCUT2D eigenvalue weighted by Gasteiger charge is 2.32. The second kappa shape index (κ2) is 9.98. The Balaban J connectivity index is 1.33. The van der Waals surface area contributed by atoms with Crippen molar-refractivity contribution in [1.29, 1.82) is 0 Å². The molecule has 162 valence electrons. The van der Waals surface area contributed by atoms with Crippen molar-refractivity contribution in [3.8, 4) is 0 Å². The van der Waals surface area contributed by atoms with Crippen molar-refractivity contribution in [2.24, 2.45) is 35.5 Å². The van der Waals surface area contributed by atoms with Crippen LogP contribution in [0, 0.1) is 35.5 Å². The van der Waals surface area contributed by atoms with Gasteiger partial charge < -0.3 is 0 Å². The van der Waals surface area contributed by atoms with Crippen molar-refractivity contribution in [2.45, 2.75) is 103 Å². The predicted octanol–water partition coefficient (Wildman–Crippen LogP) is 8.62. The molecule has 0 amide bonds. The standard InChI is InChI=1S/C24H38F4/c1-17-2-4-18(5-3-17)14-19-6-8-20(9-7-19)15-21-10-12-22(13-11-21)23(25)16-24(26,27)28/h16-22H,2-15H2,1H3/b23-16-. The van der Waals surface area contributed by atoms with Crippen molar-refractivity contribution >= 4 is 0 Å². The summed E-state index contributed by atoms with van der Waals surface area (Å²) in [5, 5.41) is 0. The number of hydrogen-bond acceptors (Lipinski definition) is 0. The molecule has 3 saturated carbocycles. The lowest BCUT2D eigenvalue weighted by atomic mass is 9.70. The Morgan fingerprint density at radius 1 is 0.679 bits per heavy atom. The summed E-state index contributed by atoms with van der Waals surface area (Å²) < 4.78 is 50.7. The SMILES string of the molecule is CC1CCC(CC2CCC(CC3CCC(/C(F)=C/C(F)(F)F)CC3)CC2)CC1. The zero-order valence-corrected chi connectivity index (χ0v) is 17.5. The zero-order valence-electron chi connectivity index (χ0n) is 17.5. The molecule has 0 unspecified atom stereocenters. The van der Waals surface area contributed by atoms with Gasteiger partial charge >= 0.3 is 6.18 Å². The topological polar surface area (TPSA) is 0 Å². The second-order valence-electron chi connectivity index (χ2n) is 10.3. The van der Waals surface area contributed by atoms with E-state index in [1.54, 1.807) is 0 Å². The first-order chi connectivity index (χ1) is 13.3. The molecule has 0 radical (unpaired) electrons. The third-order valence-corrected chi connectivity index (χ3v) is 7.97. The monoisotopic (exact) mass is 402 g/mol. The predicted molar refractivity (Wildman–Crippen MR) is 106 cm³/mol. The number of alkyl halides is 3. The van der Waals surface area contributed by atoms with Crippen LogP contribution in [0.1, 0.15) is 96.8 Å². The molecule has 0 heterocycles. The van der Waals surface area contributed by atoms with Crippen LogP contribution in [0.3, 0.4) is 0 Å². The Kier molecular flexibility index (Phi) is 7.89. The maximum absolute atomic E-state index is 13.8. The fraction of sp³-hybridized carbons (Fsp3) is 0.917. The van der Waals surface area contributed by atoms with E-state index in [2.05, 4.69) is 6.92 Å². The van der Waals surface area contributed by atoms with E-state index in [-0.39, 0.29) is 6.08 Å². The van der Waals surface area contributed by atoms with E-state index in [1.807, 2.05) is 0 Å². The van der Waals surface area contributed by atoms with Crippen LogP contribution in [0.25, 0.3) is 0 Å². The van der Waals surface area contributed by atoms with Crippen LogP contribution in [-0.2, 0) is 0 Å². The molecule has 0 N–H and O–H groups in total. The van der Waals surface area contributed by atoms with Gasteiger partial charge in [-0.05, 0) is 68.1 Å². The second-order valence-corrected chi connectivity index (χ2v) is 10.3. The molecule has 0 aromatic rings. The summed E-state index contributed by atoms with van der Waals surface area (Å²) in [7, 11) is 0. The molecule has 28 heavy (non-hydrogen) atoms. The summed E-state index contributed by atoms with van der Waals surface area (Å²) in [4.78, 5) is 0. The average molecular weight is 403 g/mol. The molecule has 0 nitrogen and oxygen atoms in total. The van der Waals surface area contributed by atoms with Gasteiger partial charge in [0.15, 0.2) is 0 Å². The van der Waals surface area contributed by atoms with Gasteiger partial charge in [0.1, 0.15) is 5.83 Å². The van der Waals surface area contributed by atoms with E-state index >= 15 is 0 Å². The Hall–Kier alpha value is -0.540. The molecule has 0 aromatic carbocycles. The van der Waals surface area contributed by atoms with Gasteiger partial charge in [-0.15, -0.1) is 0 Å². The van der Waals surface area contributed by atoms with Crippen LogP contribution >= 0.6 is 0 Å². The fourth-order valence-electron chi connectivity index (χ4n) is 6.16. The third-order valence-electron chi connectivity index (χ3n) is 7.97. The molecule has 3 aliphatic rings. The molecule has 3 fully saturated rings. The summed E-state index contributed by atoms with van der Waals surface area (Å²) in [5.41, 5.74) is 0. The number of allylic oxidation sites excluding steroid dienone is 2. The molecule has 0 atom stereocenters. The Morgan fingerprint density at radius 2 is 1.04 bits per heavy atom. The van der Waals surface area contributed by atoms with Gasteiger partial charge in [0.25, 0.3) is 0 Å². The lowest BCUT2D eigenvalue weighted by Crippen LogP contribution is -2.23. The van der Waals surface area contributed by atoms with Crippen LogP contribution in [0.15, 0.2) is 11.9 Å². The fourth-order valence-corrected chi connectivity index (χ4v) is 6.16. The molecule has 0 saturated heterocycles. The molecular weight excluding hydrogens is 364 g/mol. The third kappa shape index (κ3) is 7.06. The molecule has 0 aromatic heterocycles. The van der Waals surface area contributed by atoms with Gasteiger partial charge in [0.2, 0.25) is 0 Å². The van der Waals surface area contributed by atoms with Crippen LogP contribution in [0.4, 0.5) is 17.6 Å². The van der Waals surface area contributed by atoms with Gasteiger partial charge in [-0.2, -0.15) is 13.2 Å². The highest BCUT2D eigenvalue weighted by Crippen LogP contribution is 2.43. The average Bonchev–Trinajstić information content (AvgIpc) is 2.64. The van der Waals surface area contributed by atoms with Crippen molar-refractivity contribution in [3.05, 3.63) is 11.9 Å². The van der Waals surface area contributed by atoms with Crippen molar-refractivity contribution in [3.63, 3.8) is 0 Å². The Bertz CT molecular complexity index is 485. The van der Waals surface area contributed by atoms with E-state index in [4.69, 9.17) is 0 Å². The molecule has 4 heteroatoms. The summed E-state index contributed by atoms with van der Waals surface area (Å²) in [5.74, 6) is 2.74. The van der Waals surface area contributed by atoms with Crippen molar-refractivity contribution in [1.82, 2.24) is 0 Å². The summed E-state index contributed by atoms with van der Waals surface area (Å²) >= 11 is 0. The van der Waals surface area contributed by atoms with Crippen molar-refractivity contribution < 1.29 is 17.6 Å². The molecule has 0 aliphatic heterocycles. The zero-order chi connectivity index (χ0) is 20.1. The maximum atomic E-state index is 13.8.